The van der Waals surface area contributed by atoms with Crippen LogP contribution in [0.1, 0.15) is 25.1 Å². The zero-order valence-corrected chi connectivity index (χ0v) is 17.6. The van der Waals surface area contributed by atoms with Crippen molar-refractivity contribution in [3.8, 4) is 5.75 Å². The van der Waals surface area contributed by atoms with E-state index >= 15 is 0 Å². The van der Waals surface area contributed by atoms with E-state index in [0.29, 0.717) is 0 Å². The van der Waals surface area contributed by atoms with E-state index in [9.17, 15) is 0 Å². The Morgan fingerprint density at radius 1 is 1.03 bits per heavy atom. The van der Waals surface area contributed by atoms with Gasteiger partial charge in [-0.1, -0.05) is 43.3 Å². The van der Waals surface area contributed by atoms with Gasteiger partial charge in [-0.3, -0.25) is 0 Å². The molecule has 2 heterocycles. The second-order valence-corrected chi connectivity index (χ2v) is 7.57. The highest BCUT2D eigenvalue weighted by Crippen LogP contribution is 2.29. The van der Waals surface area contributed by atoms with Crippen molar-refractivity contribution in [3.05, 3.63) is 65.9 Å². The van der Waals surface area contributed by atoms with Gasteiger partial charge < -0.3 is 14.5 Å². The van der Waals surface area contributed by atoms with Crippen LogP contribution in [-0.2, 0) is 0 Å². The van der Waals surface area contributed by atoms with Gasteiger partial charge >= 0.3 is 0 Å². The number of hydrogen-bond acceptors (Lipinski definition) is 4. The Labute approximate surface area is 173 Å². The Morgan fingerprint density at radius 2 is 1.76 bits per heavy atom. The number of fused-ring (bicyclic) bond motifs is 1. The summed E-state index contributed by atoms with van der Waals surface area (Å²) in [6, 6.07) is 18.9. The molecule has 0 aliphatic carbocycles. The number of rotatable bonds is 5. The number of aromatic nitrogens is 1. The van der Waals surface area contributed by atoms with Gasteiger partial charge in [0.1, 0.15) is 11.6 Å². The van der Waals surface area contributed by atoms with Crippen molar-refractivity contribution >= 4 is 28.2 Å². The molecule has 0 saturated carbocycles. The molecule has 0 N–H and O–H groups in total. The summed E-state index contributed by atoms with van der Waals surface area (Å²) < 4.78 is 5.26. The van der Waals surface area contributed by atoms with E-state index in [-0.39, 0.29) is 0 Å². The minimum absolute atomic E-state index is 0.872. The van der Waals surface area contributed by atoms with Crippen molar-refractivity contribution in [1.82, 2.24) is 9.88 Å². The van der Waals surface area contributed by atoms with E-state index in [2.05, 4.69) is 72.2 Å². The van der Waals surface area contributed by atoms with Gasteiger partial charge in [0, 0.05) is 31.6 Å². The standard InChI is InChI=1S/C25H29N3O/c1-4-27-13-15-28(16-14-27)25-23-8-6-5-7-21(23)18-24(26-25)19(2)17-20-9-11-22(29-3)12-10-20/h5-12,17-18H,4,13-16H2,1-3H3. The number of likely N-dealkylation sites (N-methyl/N-ethyl adjacent to an activating group) is 1. The molecule has 1 aromatic heterocycles. The summed E-state index contributed by atoms with van der Waals surface area (Å²) in [7, 11) is 1.69. The lowest BCUT2D eigenvalue weighted by atomic mass is 10.0. The number of allylic oxidation sites excluding steroid dienone is 1. The van der Waals surface area contributed by atoms with Crippen LogP contribution in [0, 0.1) is 0 Å². The van der Waals surface area contributed by atoms with Gasteiger partial charge in [-0.2, -0.15) is 0 Å². The van der Waals surface area contributed by atoms with E-state index in [4.69, 9.17) is 9.72 Å². The quantitative estimate of drug-likeness (QED) is 0.620. The molecule has 150 valence electrons. The topological polar surface area (TPSA) is 28.6 Å². The van der Waals surface area contributed by atoms with E-state index in [1.807, 2.05) is 12.1 Å². The van der Waals surface area contributed by atoms with Crippen molar-refractivity contribution in [2.45, 2.75) is 13.8 Å². The van der Waals surface area contributed by atoms with Crippen LogP contribution in [0.15, 0.2) is 54.6 Å². The summed E-state index contributed by atoms with van der Waals surface area (Å²) >= 11 is 0. The normalized spacial score (nSPS) is 15.7. The van der Waals surface area contributed by atoms with Crippen LogP contribution in [0.5, 0.6) is 5.75 Å². The summed E-state index contributed by atoms with van der Waals surface area (Å²) in [6.45, 7) is 9.73. The van der Waals surface area contributed by atoms with Crippen molar-refractivity contribution < 1.29 is 4.74 Å². The van der Waals surface area contributed by atoms with Gasteiger partial charge in [0.15, 0.2) is 0 Å². The third kappa shape index (κ3) is 4.28. The molecule has 0 atom stereocenters. The van der Waals surface area contributed by atoms with Gasteiger partial charge in [0.25, 0.3) is 0 Å². The first-order valence-electron chi connectivity index (χ1n) is 10.4. The van der Waals surface area contributed by atoms with Crippen molar-refractivity contribution in [2.75, 3.05) is 44.7 Å². The molecule has 0 unspecified atom stereocenters. The van der Waals surface area contributed by atoms with Gasteiger partial charge in [-0.05, 0) is 54.3 Å². The first-order valence-corrected chi connectivity index (χ1v) is 10.4. The monoisotopic (exact) mass is 387 g/mol. The molecule has 29 heavy (non-hydrogen) atoms. The largest absolute Gasteiger partial charge is 0.497 e. The third-order valence-electron chi connectivity index (χ3n) is 5.74. The van der Waals surface area contributed by atoms with Crippen LogP contribution in [0.2, 0.25) is 0 Å². The molecule has 0 spiro atoms. The smallest absolute Gasteiger partial charge is 0.137 e. The van der Waals surface area contributed by atoms with E-state index in [1.54, 1.807) is 7.11 Å². The Morgan fingerprint density at radius 3 is 2.45 bits per heavy atom. The number of ether oxygens (including phenoxy) is 1. The average molecular weight is 388 g/mol. The minimum Gasteiger partial charge on any atom is -0.497 e. The summed E-state index contributed by atoms with van der Waals surface area (Å²) in [6.07, 6.45) is 2.19. The zero-order valence-electron chi connectivity index (χ0n) is 17.6. The Bertz CT molecular complexity index is 1000. The lowest BCUT2D eigenvalue weighted by Crippen LogP contribution is -2.46. The van der Waals surface area contributed by atoms with Crippen LogP contribution in [0.3, 0.4) is 0 Å². The second-order valence-electron chi connectivity index (χ2n) is 7.57. The maximum Gasteiger partial charge on any atom is 0.137 e. The summed E-state index contributed by atoms with van der Waals surface area (Å²) in [5, 5.41) is 2.48. The summed E-state index contributed by atoms with van der Waals surface area (Å²) in [5.74, 6) is 1.98. The second kappa shape index (κ2) is 8.66. The molecule has 4 nitrogen and oxygen atoms in total. The third-order valence-corrected chi connectivity index (χ3v) is 5.74. The van der Waals surface area contributed by atoms with Crippen molar-refractivity contribution in [3.63, 3.8) is 0 Å². The first kappa shape index (κ1) is 19.5. The number of anilines is 1. The highest BCUT2D eigenvalue weighted by Gasteiger charge is 2.19. The van der Waals surface area contributed by atoms with Crippen LogP contribution in [-0.4, -0.2) is 49.7 Å². The molecule has 0 radical (unpaired) electrons. The number of piperazine rings is 1. The molecular weight excluding hydrogens is 358 g/mol. The van der Waals surface area contributed by atoms with Crippen LogP contribution in [0.25, 0.3) is 22.4 Å². The number of benzene rings is 2. The lowest BCUT2D eigenvalue weighted by molar-refractivity contribution is 0.271. The Kier molecular flexibility index (Phi) is 5.81. The van der Waals surface area contributed by atoms with Crippen molar-refractivity contribution in [2.24, 2.45) is 0 Å². The van der Waals surface area contributed by atoms with Gasteiger partial charge in [-0.25, -0.2) is 4.98 Å². The fourth-order valence-corrected chi connectivity index (χ4v) is 3.92. The van der Waals surface area contributed by atoms with Gasteiger partial charge in [0.05, 0.1) is 12.8 Å². The fourth-order valence-electron chi connectivity index (χ4n) is 3.92. The summed E-state index contributed by atoms with van der Waals surface area (Å²) in [4.78, 5) is 10.1. The average Bonchev–Trinajstić information content (AvgIpc) is 2.79. The first-order chi connectivity index (χ1) is 14.2. The molecule has 0 amide bonds. The summed E-state index contributed by atoms with van der Waals surface area (Å²) in [5.41, 5.74) is 3.35. The predicted octanol–water partition coefficient (Wildman–Crippen LogP) is 4.95. The van der Waals surface area contributed by atoms with E-state index < -0.39 is 0 Å². The molecule has 1 saturated heterocycles. The Balaban J connectivity index is 1.70. The van der Waals surface area contributed by atoms with Crippen LogP contribution >= 0.6 is 0 Å². The molecule has 3 aromatic rings. The number of nitrogens with zero attached hydrogens (tertiary/aromatic N) is 3. The molecule has 4 rings (SSSR count). The maximum atomic E-state index is 5.26. The number of pyridine rings is 1. The van der Waals surface area contributed by atoms with Crippen LogP contribution < -0.4 is 9.64 Å². The lowest BCUT2D eigenvalue weighted by Gasteiger charge is -2.35. The van der Waals surface area contributed by atoms with E-state index in [1.165, 1.54) is 10.8 Å². The highest BCUT2D eigenvalue weighted by molar-refractivity contribution is 5.95. The van der Waals surface area contributed by atoms with Crippen molar-refractivity contribution in [1.29, 1.82) is 0 Å². The number of hydrogen-bond donors (Lipinski definition) is 0. The molecule has 4 heteroatoms. The van der Waals surface area contributed by atoms with E-state index in [0.717, 1.165) is 61.1 Å². The highest BCUT2D eigenvalue weighted by atomic mass is 16.5. The van der Waals surface area contributed by atoms with Crippen LogP contribution in [0.4, 0.5) is 5.82 Å². The zero-order chi connectivity index (χ0) is 20.2. The molecular formula is C25H29N3O. The van der Waals surface area contributed by atoms with Gasteiger partial charge in [0.2, 0.25) is 0 Å². The number of methoxy groups -OCH3 is 1. The predicted molar refractivity (Wildman–Crippen MR) is 123 cm³/mol. The minimum atomic E-state index is 0.872. The van der Waals surface area contributed by atoms with Gasteiger partial charge in [-0.15, -0.1) is 0 Å². The maximum absolute atomic E-state index is 5.26. The fraction of sp³-hybridized carbons (Fsp3) is 0.320. The molecule has 1 aliphatic rings. The SMILES string of the molecule is CCN1CCN(c2nc(C(C)=Cc3ccc(OC)cc3)cc3ccccc23)CC1. The Hall–Kier alpha value is -2.85. The molecule has 0 bridgehead atoms. The molecule has 2 aromatic carbocycles. The molecule has 1 fully saturated rings. The molecule has 1 aliphatic heterocycles.